The van der Waals surface area contributed by atoms with Crippen LogP contribution < -0.4 is 5.32 Å². The van der Waals surface area contributed by atoms with Crippen molar-refractivity contribution in [2.75, 3.05) is 11.9 Å². The van der Waals surface area contributed by atoms with Crippen LogP contribution >= 0.6 is 0 Å². The molecule has 1 aliphatic heterocycles. The molecule has 0 atom stereocenters. The predicted octanol–water partition coefficient (Wildman–Crippen LogP) is 2.95. The quantitative estimate of drug-likeness (QED) is 0.806. The number of imidazole rings is 1. The van der Waals surface area contributed by atoms with Gasteiger partial charge in [-0.1, -0.05) is 18.2 Å². The number of hydrogen-bond donors (Lipinski definition) is 1. The van der Waals surface area contributed by atoms with Crippen LogP contribution in [0.2, 0.25) is 0 Å². The minimum Gasteiger partial charge on any atom is -0.365 e. The highest BCUT2D eigenvalue weighted by Crippen LogP contribution is 2.18. The molecule has 0 saturated heterocycles. The third-order valence-electron chi connectivity index (χ3n) is 3.69. The maximum atomic E-state index is 12.9. The molecular weight excluding hydrogens is 293 g/mol. The number of aliphatic imine (C=N–C) groups is 1. The van der Waals surface area contributed by atoms with Crippen LogP contribution in [0.4, 0.5) is 10.2 Å². The standard InChI is InChI=1S/C17H14FN5/c18-14-3-1-12(2-4-14)9-20-16-5-6-17-21-11-15(23(17)22-16)13-7-8-19-10-13/h1-7,10-11H,8-9H2,(H,20,22). The monoisotopic (exact) mass is 307 g/mol. The Kier molecular flexibility index (Phi) is 3.34. The molecule has 2 aromatic heterocycles. The molecule has 0 fully saturated rings. The van der Waals surface area contributed by atoms with Gasteiger partial charge < -0.3 is 5.32 Å². The van der Waals surface area contributed by atoms with Gasteiger partial charge in [0.1, 0.15) is 11.6 Å². The number of nitrogens with zero attached hydrogens (tertiary/aromatic N) is 4. The van der Waals surface area contributed by atoms with Gasteiger partial charge in [-0.25, -0.2) is 13.9 Å². The van der Waals surface area contributed by atoms with Crippen LogP contribution in [-0.2, 0) is 6.54 Å². The lowest BCUT2D eigenvalue weighted by Crippen LogP contribution is -2.05. The van der Waals surface area contributed by atoms with Crippen LogP contribution in [-0.4, -0.2) is 27.4 Å². The largest absolute Gasteiger partial charge is 0.365 e. The second-order valence-corrected chi connectivity index (χ2v) is 5.27. The molecule has 23 heavy (non-hydrogen) atoms. The minimum atomic E-state index is -0.233. The zero-order valence-electron chi connectivity index (χ0n) is 12.3. The summed E-state index contributed by atoms with van der Waals surface area (Å²) in [7, 11) is 0. The maximum absolute atomic E-state index is 12.9. The molecule has 5 nitrogen and oxygen atoms in total. The van der Waals surface area contributed by atoms with Crippen LogP contribution in [0.5, 0.6) is 0 Å². The van der Waals surface area contributed by atoms with Gasteiger partial charge >= 0.3 is 0 Å². The summed E-state index contributed by atoms with van der Waals surface area (Å²) in [6.45, 7) is 1.28. The Morgan fingerprint density at radius 3 is 2.78 bits per heavy atom. The lowest BCUT2D eigenvalue weighted by atomic mass is 10.2. The molecule has 1 aromatic carbocycles. The number of aromatic nitrogens is 3. The summed E-state index contributed by atoms with van der Waals surface area (Å²) in [5.74, 6) is 0.500. The van der Waals surface area contributed by atoms with Crippen LogP contribution in [0.1, 0.15) is 11.3 Å². The summed E-state index contributed by atoms with van der Waals surface area (Å²) in [6.07, 6.45) is 5.68. The van der Waals surface area contributed by atoms with Crippen LogP contribution in [0.3, 0.4) is 0 Å². The van der Waals surface area contributed by atoms with E-state index in [2.05, 4.69) is 20.4 Å². The van der Waals surface area contributed by atoms with Crippen molar-refractivity contribution in [1.82, 2.24) is 14.6 Å². The maximum Gasteiger partial charge on any atom is 0.154 e. The summed E-state index contributed by atoms with van der Waals surface area (Å²) in [5.41, 5.74) is 3.73. The molecule has 0 saturated carbocycles. The molecule has 114 valence electrons. The van der Waals surface area contributed by atoms with E-state index < -0.39 is 0 Å². The predicted molar refractivity (Wildman–Crippen MR) is 88.0 cm³/mol. The van der Waals surface area contributed by atoms with Crippen molar-refractivity contribution >= 4 is 23.3 Å². The molecule has 3 aromatic rings. The van der Waals surface area contributed by atoms with E-state index in [1.807, 2.05) is 24.4 Å². The molecule has 1 N–H and O–H groups in total. The van der Waals surface area contributed by atoms with Crippen molar-refractivity contribution < 1.29 is 4.39 Å². The lowest BCUT2D eigenvalue weighted by Gasteiger charge is -2.07. The number of nitrogens with one attached hydrogen (secondary N) is 1. The number of rotatable bonds is 4. The molecular formula is C17H14FN5. The minimum absolute atomic E-state index is 0.233. The Morgan fingerprint density at radius 1 is 1.13 bits per heavy atom. The van der Waals surface area contributed by atoms with E-state index in [0.717, 1.165) is 28.3 Å². The van der Waals surface area contributed by atoms with E-state index in [1.165, 1.54) is 12.1 Å². The normalized spacial score (nSPS) is 13.5. The van der Waals surface area contributed by atoms with Crippen LogP contribution in [0.15, 0.2) is 53.7 Å². The summed E-state index contributed by atoms with van der Waals surface area (Å²) in [4.78, 5) is 8.56. The van der Waals surface area contributed by atoms with Crippen molar-refractivity contribution in [3.63, 3.8) is 0 Å². The van der Waals surface area contributed by atoms with Crippen molar-refractivity contribution in [3.05, 3.63) is 65.7 Å². The summed E-state index contributed by atoms with van der Waals surface area (Å²) in [5, 5.41) is 7.82. The van der Waals surface area contributed by atoms with E-state index in [-0.39, 0.29) is 5.82 Å². The fraction of sp³-hybridized carbons (Fsp3) is 0.118. The highest BCUT2D eigenvalue weighted by molar-refractivity contribution is 6.10. The highest BCUT2D eigenvalue weighted by Gasteiger charge is 2.10. The SMILES string of the molecule is Fc1ccc(CNc2ccc3ncc(C4=CCN=C4)n3n2)cc1. The Morgan fingerprint density at radius 2 is 2.00 bits per heavy atom. The van der Waals surface area contributed by atoms with Crippen molar-refractivity contribution in [2.45, 2.75) is 6.54 Å². The number of anilines is 1. The van der Waals surface area contributed by atoms with Gasteiger partial charge in [0, 0.05) is 18.3 Å². The lowest BCUT2D eigenvalue weighted by molar-refractivity contribution is 0.627. The van der Waals surface area contributed by atoms with E-state index in [4.69, 9.17) is 0 Å². The fourth-order valence-corrected chi connectivity index (χ4v) is 2.48. The molecule has 0 amide bonds. The molecule has 1 aliphatic rings. The third kappa shape index (κ3) is 2.70. The molecule has 4 rings (SSSR count). The Bertz CT molecular complexity index is 908. The van der Waals surface area contributed by atoms with Gasteiger partial charge in [0.15, 0.2) is 5.65 Å². The first-order chi connectivity index (χ1) is 11.3. The number of allylic oxidation sites excluding steroid dienone is 1. The van der Waals surface area contributed by atoms with Crippen molar-refractivity contribution in [1.29, 1.82) is 0 Å². The first kappa shape index (κ1) is 13.6. The van der Waals surface area contributed by atoms with Crippen LogP contribution in [0, 0.1) is 5.82 Å². The third-order valence-corrected chi connectivity index (χ3v) is 3.69. The zero-order valence-corrected chi connectivity index (χ0v) is 12.3. The van der Waals surface area contributed by atoms with E-state index in [0.29, 0.717) is 13.1 Å². The Labute approximate surface area is 132 Å². The second-order valence-electron chi connectivity index (χ2n) is 5.27. The van der Waals surface area contributed by atoms with Gasteiger partial charge in [-0.15, -0.1) is 5.10 Å². The number of fused-ring (bicyclic) bond motifs is 1. The van der Waals surface area contributed by atoms with Gasteiger partial charge in [-0.3, -0.25) is 4.99 Å². The van der Waals surface area contributed by atoms with Gasteiger partial charge in [0.25, 0.3) is 0 Å². The van der Waals surface area contributed by atoms with E-state index in [9.17, 15) is 4.39 Å². The summed E-state index contributed by atoms with van der Waals surface area (Å²) >= 11 is 0. The molecule has 0 aliphatic carbocycles. The number of benzene rings is 1. The van der Waals surface area contributed by atoms with Crippen molar-refractivity contribution in [2.24, 2.45) is 4.99 Å². The van der Waals surface area contributed by atoms with Gasteiger partial charge in [0.05, 0.1) is 18.4 Å². The zero-order chi connectivity index (χ0) is 15.6. The first-order valence-electron chi connectivity index (χ1n) is 7.33. The summed E-state index contributed by atoms with van der Waals surface area (Å²) < 4.78 is 14.7. The van der Waals surface area contributed by atoms with E-state index >= 15 is 0 Å². The fourth-order valence-electron chi connectivity index (χ4n) is 2.48. The molecule has 6 heteroatoms. The molecule has 0 unspecified atom stereocenters. The van der Waals surface area contributed by atoms with Gasteiger partial charge in [-0.2, -0.15) is 0 Å². The number of hydrogen-bond acceptors (Lipinski definition) is 4. The summed E-state index contributed by atoms with van der Waals surface area (Å²) in [6, 6.07) is 10.2. The first-order valence-corrected chi connectivity index (χ1v) is 7.33. The molecule has 0 bridgehead atoms. The smallest absolute Gasteiger partial charge is 0.154 e. The Hall–Kier alpha value is -3.02. The van der Waals surface area contributed by atoms with E-state index in [1.54, 1.807) is 22.8 Å². The molecule has 3 heterocycles. The Balaban J connectivity index is 1.59. The van der Waals surface area contributed by atoms with Gasteiger partial charge in [-0.05, 0) is 29.8 Å². The average molecular weight is 307 g/mol. The van der Waals surface area contributed by atoms with Crippen molar-refractivity contribution in [3.8, 4) is 0 Å². The van der Waals surface area contributed by atoms with Gasteiger partial charge in [0.2, 0.25) is 0 Å². The van der Waals surface area contributed by atoms with Crippen LogP contribution in [0.25, 0.3) is 11.2 Å². The molecule has 0 spiro atoms. The second kappa shape index (κ2) is 5.64. The topological polar surface area (TPSA) is 54.6 Å². The number of halogens is 1. The highest BCUT2D eigenvalue weighted by atomic mass is 19.1. The average Bonchev–Trinajstić information content (AvgIpc) is 3.23. The molecule has 0 radical (unpaired) electrons.